The lowest BCUT2D eigenvalue weighted by Crippen LogP contribution is -2.44. The molecule has 0 unspecified atom stereocenters. The van der Waals surface area contributed by atoms with Crippen molar-refractivity contribution in [1.29, 1.82) is 0 Å². The molecule has 1 aliphatic heterocycles. The normalized spacial score (nSPS) is 21.5. The van der Waals surface area contributed by atoms with E-state index >= 15 is 0 Å². The lowest BCUT2D eigenvalue weighted by molar-refractivity contribution is -0.148. The van der Waals surface area contributed by atoms with Crippen LogP contribution in [0.4, 0.5) is 0 Å². The predicted molar refractivity (Wildman–Crippen MR) is 118 cm³/mol. The van der Waals surface area contributed by atoms with Crippen LogP contribution in [0, 0.1) is 5.92 Å². The highest BCUT2D eigenvalue weighted by molar-refractivity contribution is 5.75. The first-order valence-electron chi connectivity index (χ1n) is 11.0. The van der Waals surface area contributed by atoms with Crippen LogP contribution in [0.5, 0.6) is 0 Å². The number of piperidine rings is 1. The Hall–Kier alpha value is -2.66. The highest BCUT2D eigenvalue weighted by Crippen LogP contribution is 2.33. The zero-order chi connectivity index (χ0) is 20.8. The topological polar surface area (TPSA) is 59.9 Å². The van der Waals surface area contributed by atoms with E-state index < -0.39 is 0 Å². The van der Waals surface area contributed by atoms with Gasteiger partial charge in [-0.3, -0.25) is 4.79 Å². The molecule has 2 aromatic carbocycles. The molecular weight excluding hydrogens is 376 g/mol. The maximum absolute atomic E-state index is 11.9. The summed E-state index contributed by atoms with van der Waals surface area (Å²) in [5.74, 6) is -0.0517. The fourth-order valence-corrected chi connectivity index (χ4v) is 4.48. The molecule has 158 valence electrons. The van der Waals surface area contributed by atoms with Crippen molar-refractivity contribution in [3.63, 3.8) is 0 Å². The maximum Gasteiger partial charge on any atom is 0.310 e. The zero-order valence-corrected chi connectivity index (χ0v) is 17.5. The lowest BCUT2D eigenvalue weighted by Gasteiger charge is -2.27. The number of nitrogens with zero attached hydrogens (tertiary/aromatic N) is 1. The number of aryl methyl sites for hydroxylation is 2. The molecular formula is C25H30N2O3. The van der Waals surface area contributed by atoms with Gasteiger partial charge in [-0.25, -0.2) is 0 Å². The molecule has 5 heteroatoms. The van der Waals surface area contributed by atoms with Crippen LogP contribution < -0.4 is 5.32 Å². The fraction of sp³-hybridized carbons (Fsp3) is 0.440. The van der Waals surface area contributed by atoms with Gasteiger partial charge >= 0.3 is 5.97 Å². The molecule has 0 radical (unpaired) electrons. The van der Waals surface area contributed by atoms with Gasteiger partial charge in [0.05, 0.1) is 18.7 Å². The SMILES string of the molecule is CCOC(=O)[C@@H]1CC[C@@H](CO/N=C/C2c3ccccc3CCc3ccccc32)NC1. The van der Waals surface area contributed by atoms with Crippen molar-refractivity contribution >= 4 is 12.2 Å². The predicted octanol–water partition coefficient (Wildman–Crippen LogP) is 3.85. The Kier molecular flexibility index (Phi) is 6.80. The summed E-state index contributed by atoms with van der Waals surface area (Å²) < 4.78 is 5.12. The molecule has 4 rings (SSSR count). The summed E-state index contributed by atoms with van der Waals surface area (Å²) in [6, 6.07) is 17.5. The highest BCUT2D eigenvalue weighted by atomic mass is 16.6. The summed E-state index contributed by atoms with van der Waals surface area (Å²) >= 11 is 0. The van der Waals surface area contributed by atoms with E-state index in [0.717, 1.165) is 25.7 Å². The van der Waals surface area contributed by atoms with Crippen molar-refractivity contribution in [3.05, 3.63) is 70.8 Å². The summed E-state index contributed by atoms with van der Waals surface area (Å²) in [5, 5.41) is 7.74. The Bertz CT molecular complexity index is 840. The number of oxime groups is 1. The van der Waals surface area contributed by atoms with E-state index in [1.807, 2.05) is 13.1 Å². The van der Waals surface area contributed by atoms with Crippen molar-refractivity contribution in [2.24, 2.45) is 11.1 Å². The summed E-state index contributed by atoms with van der Waals surface area (Å²) in [4.78, 5) is 17.5. The molecule has 0 spiro atoms. The van der Waals surface area contributed by atoms with Crippen LogP contribution in [0.25, 0.3) is 0 Å². The van der Waals surface area contributed by atoms with E-state index in [0.29, 0.717) is 19.8 Å². The number of ether oxygens (including phenoxy) is 1. The molecule has 0 aromatic heterocycles. The van der Waals surface area contributed by atoms with Gasteiger partial charge in [-0.05, 0) is 54.9 Å². The quantitative estimate of drug-likeness (QED) is 0.450. The van der Waals surface area contributed by atoms with Crippen molar-refractivity contribution in [2.45, 2.75) is 44.6 Å². The Morgan fingerprint density at radius 1 is 1.07 bits per heavy atom. The van der Waals surface area contributed by atoms with Gasteiger partial charge in [-0.2, -0.15) is 0 Å². The Balaban J connectivity index is 1.37. The number of esters is 1. The third-order valence-corrected chi connectivity index (χ3v) is 6.14. The standard InChI is InChI=1S/C25H30N2O3/c1-2-29-25(28)20-13-14-21(26-15-20)17-30-27-16-24-22-9-5-3-7-18(22)11-12-19-8-4-6-10-23(19)24/h3-10,16,20-21,24,26H,2,11-15,17H2,1H3/b27-16+/t20-,21+/m1/s1. The van der Waals surface area contributed by atoms with E-state index in [1.54, 1.807) is 0 Å². The summed E-state index contributed by atoms with van der Waals surface area (Å²) in [6.45, 7) is 3.42. The number of hydrogen-bond donors (Lipinski definition) is 1. The summed E-state index contributed by atoms with van der Waals surface area (Å²) in [5.41, 5.74) is 5.37. The minimum Gasteiger partial charge on any atom is -0.466 e. The number of fused-ring (bicyclic) bond motifs is 2. The monoisotopic (exact) mass is 406 g/mol. The summed E-state index contributed by atoms with van der Waals surface area (Å²) in [7, 11) is 0. The molecule has 1 N–H and O–H groups in total. The first-order valence-corrected chi connectivity index (χ1v) is 11.0. The van der Waals surface area contributed by atoms with Crippen LogP contribution in [-0.4, -0.2) is 38.0 Å². The van der Waals surface area contributed by atoms with Crippen LogP contribution in [0.3, 0.4) is 0 Å². The van der Waals surface area contributed by atoms with E-state index in [1.165, 1.54) is 22.3 Å². The number of carbonyl (C=O) groups excluding carboxylic acids is 1. The first kappa shape index (κ1) is 20.6. The Morgan fingerprint density at radius 2 is 1.73 bits per heavy atom. The molecule has 5 nitrogen and oxygen atoms in total. The molecule has 30 heavy (non-hydrogen) atoms. The third-order valence-electron chi connectivity index (χ3n) is 6.14. The van der Waals surface area contributed by atoms with E-state index in [2.05, 4.69) is 59.0 Å². The molecule has 0 bridgehead atoms. The fourth-order valence-electron chi connectivity index (χ4n) is 4.48. The smallest absolute Gasteiger partial charge is 0.310 e. The summed E-state index contributed by atoms with van der Waals surface area (Å²) in [6.07, 6.45) is 5.74. The van der Waals surface area contributed by atoms with Crippen LogP contribution in [0.1, 0.15) is 47.9 Å². The third kappa shape index (κ3) is 4.73. The highest BCUT2D eigenvalue weighted by Gasteiger charge is 2.27. The number of benzene rings is 2. The molecule has 2 aliphatic rings. The minimum absolute atomic E-state index is 0.0521. The van der Waals surface area contributed by atoms with Crippen molar-refractivity contribution in [3.8, 4) is 0 Å². The van der Waals surface area contributed by atoms with Crippen molar-refractivity contribution < 1.29 is 14.4 Å². The zero-order valence-electron chi connectivity index (χ0n) is 17.5. The molecule has 1 saturated heterocycles. The minimum atomic E-state index is -0.104. The van der Waals surface area contributed by atoms with Gasteiger partial charge in [0.15, 0.2) is 0 Å². The molecule has 1 heterocycles. The largest absolute Gasteiger partial charge is 0.466 e. The van der Waals surface area contributed by atoms with Gasteiger partial charge in [0.25, 0.3) is 0 Å². The number of hydrogen-bond acceptors (Lipinski definition) is 5. The molecule has 2 atom stereocenters. The second kappa shape index (κ2) is 9.90. The Labute approximate surface area is 178 Å². The van der Waals surface area contributed by atoms with Gasteiger partial charge in [-0.15, -0.1) is 0 Å². The average Bonchev–Trinajstić information content (AvgIpc) is 2.94. The molecule has 2 aromatic rings. The molecule has 1 aliphatic carbocycles. The second-order valence-electron chi connectivity index (χ2n) is 8.06. The van der Waals surface area contributed by atoms with Crippen LogP contribution in [0.2, 0.25) is 0 Å². The van der Waals surface area contributed by atoms with Gasteiger partial charge in [-0.1, -0.05) is 53.7 Å². The van der Waals surface area contributed by atoms with Gasteiger partial charge in [0.1, 0.15) is 6.61 Å². The molecule has 0 saturated carbocycles. The average molecular weight is 407 g/mol. The van der Waals surface area contributed by atoms with Gasteiger partial charge in [0.2, 0.25) is 0 Å². The molecule has 1 fully saturated rings. The van der Waals surface area contributed by atoms with Crippen molar-refractivity contribution in [2.75, 3.05) is 19.8 Å². The first-order chi connectivity index (χ1) is 14.8. The van der Waals surface area contributed by atoms with Gasteiger partial charge < -0.3 is 14.9 Å². The van der Waals surface area contributed by atoms with E-state index in [-0.39, 0.29) is 23.8 Å². The van der Waals surface area contributed by atoms with Gasteiger partial charge in [0, 0.05) is 18.5 Å². The van der Waals surface area contributed by atoms with Crippen LogP contribution in [0.15, 0.2) is 53.7 Å². The lowest BCUT2D eigenvalue weighted by atomic mass is 9.89. The van der Waals surface area contributed by atoms with Crippen LogP contribution >= 0.6 is 0 Å². The maximum atomic E-state index is 11.9. The number of rotatable bonds is 6. The molecule has 0 amide bonds. The van der Waals surface area contributed by atoms with E-state index in [9.17, 15) is 4.79 Å². The number of carbonyl (C=O) groups is 1. The van der Waals surface area contributed by atoms with Crippen molar-refractivity contribution in [1.82, 2.24) is 5.32 Å². The van der Waals surface area contributed by atoms with Crippen LogP contribution in [-0.2, 0) is 27.2 Å². The van der Waals surface area contributed by atoms with E-state index in [4.69, 9.17) is 9.57 Å². The Morgan fingerprint density at radius 3 is 2.33 bits per heavy atom. The number of nitrogens with one attached hydrogen (secondary N) is 1. The second-order valence-corrected chi connectivity index (χ2v) is 8.06.